The van der Waals surface area contributed by atoms with Gasteiger partial charge in [0.15, 0.2) is 0 Å². The topological polar surface area (TPSA) is 45.2 Å². The van der Waals surface area contributed by atoms with Crippen molar-refractivity contribution in [2.45, 2.75) is 38.5 Å². The van der Waals surface area contributed by atoms with Crippen molar-refractivity contribution in [3.63, 3.8) is 0 Å². The van der Waals surface area contributed by atoms with Gasteiger partial charge in [0.05, 0.1) is 17.4 Å². The predicted molar refractivity (Wildman–Crippen MR) is 114 cm³/mol. The Morgan fingerprint density at radius 3 is 2.46 bits per heavy atom. The number of pyridine rings is 1. The Morgan fingerprint density at radius 1 is 0.964 bits per heavy atom. The van der Waals surface area contributed by atoms with Crippen LogP contribution in [0, 0.1) is 5.92 Å². The number of aromatic nitrogens is 1. The lowest BCUT2D eigenvalue weighted by Crippen LogP contribution is -2.45. The van der Waals surface area contributed by atoms with Crippen LogP contribution < -0.4 is 10.4 Å². The number of para-hydroxylation sites is 1. The van der Waals surface area contributed by atoms with Crippen LogP contribution in [0.3, 0.4) is 0 Å². The summed E-state index contributed by atoms with van der Waals surface area (Å²) in [5.74, 6) is 0.563. The van der Waals surface area contributed by atoms with Crippen molar-refractivity contribution in [2.75, 3.05) is 11.6 Å². The van der Waals surface area contributed by atoms with Crippen LogP contribution in [0.15, 0.2) is 66.9 Å². The van der Waals surface area contributed by atoms with E-state index in [1.807, 2.05) is 60.7 Å². The average molecular weight is 374 g/mol. The van der Waals surface area contributed by atoms with Gasteiger partial charge in [0.1, 0.15) is 0 Å². The quantitative estimate of drug-likeness (QED) is 0.484. The highest BCUT2D eigenvalue weighted by Gasteiger charge is 2.20. The van der Waals surface area contributed by atoms with Gasteiger partial charge in [-0.05, 0) is 43.0 Å². The number of hydrogen-bond donors (Lipinski definition) is 1. The molecule has 1 aliphatic rings. The van der Waals surface area contributed by atoms with Crippen LogP contribution in [0.4, 0.5) is 5.69 Å². The number of rotatable bonds is 5. The summed E-state index contributed by atoms with van der Waals surface area (Å²) in [6, 6.07) is 19.5. The van der Waals surface area contributed by atoms with E-state index in [9.17, 15) is 4.79 Å². The van der Waals surface area contributed by atoms with Gasteiger partial charge >= 0.3 is 0 Å². The van der Waals surface area contributed by atoms with Crippen molar-refractivity contribution in [2.24, 2.45) is 5.92 Å². The van der Waals surface area contributed by atoms with Crippen LogP contribution in [-0.4, -0.2) is 17.4 Å². The molecule has 0 bridgehead atoms. The highest BCUT2D eigenvalue weighted by atomic mass is 16.2. The Morgan fingerprint density at radius 2 is 1.68 bits per heavy atom. The van der Waals surface area contributed by atoms with Gasteiger partial charge in [0.25, 0.3) is 5.91 Å². The minimum atomic E-state index is -0.0497. The third-order valence-corrected chi connectivity index (χ3v) is 5.57. The molecule has 1 N–H and O–H groups in total. The van der Waals surface area contributed by atoms with E-state index in [1.54, 1.807) is 11.2 Å². The van der Waals surface area contributed by atoms with E-state index in [0.717, 1.165) is 23.1 Å². The summed E-state index contributed by atoms with van der Waals surface area (Å²) in [4.78, 5) is 17.8. The highest BCUT2D eigenvalue weighted by Crippen LogP contribution is 2.24. The van der Waals surface area contributed by atoms with Gasteiger partial charge in [0.2, 0.25) is 0 Å². The normalized spacial score (nSPS) is 15.3. The Labute approximate surface area is 166 Å². The van der Waals surface area contributed by atoms with E-state index in [0.29, 0.717) is 11.5 Å². The molecule has 1 aliphatic carbocycles. The summed E-state index contributed by atoms with van der Waals surface area (Å²) < 4.78 is 0. The van der Waals surface area contributed by atoms with Crippen molar-refractivity contribution in [1.29, 1.82) is 0 Å². The van der Waals surface area contributed by atoms with Gasteiger partial charge in [-0.15, -0.1) is 0 Å². The Bertz CT molecular complexity index is 917. The van der Waals surface area contributed by atoms with Gasteiger partial charge in [-0.2, -0.15) is 0 Å². The van der Waals surface area contributed by atoms with Crippen LogP contribution in [0.5, 0.6) is 0 Å². The number of nitrogens with one attached hydrogen (secondary N) is 1. The summed E-state index contributed by atoms with van der Waals surface area (Å²) in [6.45, 7) is 0.811. The minimum absolute atomic E-state index is 0.0497. The lowest BCUT2D eigenvalue weighted by molar-refractivity contribution is 0.0972. The first-order chi connectivity index (χ1) is 13.8. The fourth-order valence-corrected chi connectivity index (χ4v) is 3.96. The summed E-state index contributed by atoms with van der Waals surface area (Å²) in [6.07, 6.45) is 9.48. The van der Waals surface area contributed by atoms with E-state index in [1.165, 1.54) is 38.5 Å². The van der Waals surface area contributed by atoms with E-state index in [-0.39, 0.29) is 5.91 Å². The van der Waals surface area contributed by atoms with Gasteiger partial charge in [-0.25, -0.2) is 10.4 Å². The Kier molecular flexibility index (Phi) is 5.98. The largest absolute Gasteiger partial charge is 0.272 e. The number of hydrogen-bond acceptors (Lipinski definition) is 3. The molecule has 28 heavy (non-hydrogen) atoms. The SMILES string of the molecule is O=C(c1ccccc1)N(NCC1CCCCCC1)c1cnc2ccccc2c1. The summed E-state index contributed by atoms with van der Waals surface area (Å²) in [5.41, 5.74) is 5.82. The number of nitrogens with zero attached hydrogens (tertiary/aromatic N) is 2. The third-order valence-electron chi connectivity index (χ3n) is 5.57. The second kappa shape index (κ2) is 8.98. The Hall–Kier alpha value is -2.72. The first-order valence-corrected chi connectivity index (χ1v) is 10.3. The maximum absolute atomic E-state index is 13.3. The summed E-state index contributed by atoms with van der Waals surface area (Å²) in [7, 11) is 0. The standard InChI is InChI=1S/C24H27N3O/c28-24(20-12-6-3-7-13-20)27(26-17-19-10-4-1-2-5-11-19)22-16-21-14-8-9-15-23(21)25-18-22/h3,6-9,12-16,18-19,26H,1-2,4-5,10-11,17H2. The van der Waals surface area contributed by atoms with E-state index >= 15 is 0 Å². The maximum atomic E-state index is 13.3. The number of amides is 1. The van der Waals surface area contributed by atoms with Crippen molar-refractivity contribution in [3.8, 4) is 0 Å². The number of hydrazine groups is 1. The molecule has 0 atom stereocenters. The lowest BCUT2D eigenvalue weighted by Gasteiger charge is -2.26. The first-order valence-electron chi connectivity index (χ1n) is 10.3. The van der Waals surface area contributed by atoms with Crippen LogP contribution in [-0.2, 0) is 0 Å². The molecule has 1 aromatic heterocycles. The third kappa shape index (κ3) is 4.39. The maximum Gasteiger partial charge on any atom is 0.272 e. The van der Waals surface area contributed by atoms with Crippen LogP contribution >= 0.6 is 0 Å². The molecule has 144 valence electrons. The zero-order chi connectivity index (χ0) is 19.2. The molecule has 1 amide bonds. The minimum Gasteiger partial charge on any atom is -0.267 e. The number of anilines is 1. The van der Waals surface area contributed by atoms with Crippen molar-refractivity contribution in [1.82, 2.24) is 10.4 Å². The molecule has 4 nitrogen and oxygen atoms in total. The molecule has 4 heteroatoms. The van der Waals surface area contributed by atoms with E-state index in [2.05, 4.69) is 10.4 Å². The zero-order valence-corrected chi connectivity index (χ0v) is 16.2. The monoisotopic (exact) mass is 373 g/mol. The van der Waals surface area contributed by atoms with Gasteiger partial charge < -0.3 is 0 Å². The average Bonchev–Trinajstić information content (AvgIpc) is 3.03. The summed E-state index contributed by atoms with van der Waals surface area (Å²) in [5, 5.41) is 2.71. The molecule has 0 aliphatic heterocycles. The number of fused-ring (bicyclic) bond motifs is 1. The van der Waals surface area contributed by atoms with Gasteiger partial charge in [-0.3, -0.25) is 9.78 Å². The van der Waals surface area contributed by atoms with Crippen LogP contribution in [0.1, 0.15) is 48.9 Å². The zero-order valence-electron chi connectivity index (χ0n) is 16.2. The van der Waals surface area contributed by atoms with Crippen molar-refractivity contribution >= 4 is 22.5 Å². The molecule has 0 unspecified atom stereocenters. The number of benzene rings is 2. The molecule has 4 rings (SSSR count). The van der Waals surface area contributed by atoms with Crippen LogP contribution in [0.2, 0.25) is 0 Å². The fraction of sp³-hybridized carbons (Fsp3) is 0.333. The smallest absolute Gasteiger partial charge is 0.267 e. The molecule has 1 fully saturated rings. The van der Waals surface area contributed by atoms with Crippen molar-refractivity contribution in [3.05, 3.63) is 72.4 Å². The van der Waals surface area contributed by atoms with Gasteiger partial charge in [0, 0.05) is 17.5 Å². The molecular weight excluding hydrogens is 346 g/mol. The fourth-order valence-electron chi connectivity index (χ4n) is 3.96. The molecular formula is C24H27N3O. The van der Waals surface area contributed by atoms with Crippen molar-refractivity contribution < 1.29 is 4.79 Å². The molecule has 3 aromatic rings. The van der Waals surface area contributed by atoms with Crippen LogP contribution in [0.25, 0.3) is 10.9 Å². The molecule has 2 aromatic carbocycles. The predicted octanol–water partition coefficient (Wildman–Crippen LogP) is 5.36. The number of carbonyl (C=O) groups is 1. The molecule has 0 radical (unpaired) electrons. The Balaban J connectivity index is 1.60. The van der Waals surface area contributed by atoms with E-state index < -0.39 is 0 Å². The highest BCUT2D eigenvalue weighted by molar-refractivity contribution is 6.06. The number of carbonyl (C=O) groups excluding carboxylic acids is 1. The second-order valence-corrected chi connectivity index (χ2v) is 7.61. The first kappa shape index (κ1) is 18.6. The molecule has 0 spiro atoms. The second-order valence-electron chi connectivity index (χ2n) is 7.61. The molecule has 0 saturated heterocycles. The lowest BCUT2D eigenvalue weighted by atomic mass is 10.0. The molecule has 1 saturated carbocycles. The summed E-state index contributed by atoms with van der Waals surface area (Å²) >= 11 is 0. The van der Waals surface area contributed by atoms with Gasteiger partial charge in [-0.1, -0.05) is 62.1 Å². The molecule has 1 heterocycles. The van der Waals surface area contributed by atoms with E-state index in [4.69, 9.17) is 0 Å².